The number of ketones is 1. The quantitative estimate of drug-likeness (QED) is 0.654. The number of fused-ring (bicyclic) bond motifs is 5. The van der Waals surface area contributed by atoms with Crippen molar-refractivity contribution in [1.82, 2.24) is 0 Å². The summed E-state index contributed by atoms with van der Waals surface area (Å²) in [6.45, 7) is 4.04. The number of carbonyl (C=O) groups excluding carboxylic acids is 2. The third kappa shape index (κ3) is 2.47. The lowest BCUT2D eigenvalue weighted by atomic mass is 9.39. The van der Waals surface area contributed by atoms with E-state index in [0.29, 0.717) is 12.8 Å². The third-order valence-corrected chi connectivity index (χ3v) is 9.65. The van der Waals surface area contributed by atoms with Crippen molar-refractivity contribution < 1.29 is 24.9 Å². The van der Waals surface area contributed by atoms with Crippen molar-refractivity contribution in [1.29, 1.82) is 0 Å². The second-order valence-corrected chi connectivity index (χ2v) is 10.5. The Balaban J connectivity index is 1.72. The molecule has 3 N–H and O–H groups in total. The summed E-state index contributed by atoms with van der Waals surface area (Å²) < 4.78 is 0. The van der Waals surface area contributed by atoms with Gasteiger partial charge in [0.15, 0.2) is 5.78 Å². The number of hydrogen-bond donors (Lipinski definition) is 3. The number of rotatable bonds is 3. The van der Waals surface area contributed by atoms with Gasteiger partial charge in [0.05, 0.1) is 12.2 Å². The van der Waals surface area contributed by atoms with Crippen molar-refractivity contribution >= 4 is 12.1 Å². The lowest BCUT2D eigenvalue weighted by molar-refractivity contribution is -0.208. The molecule has 5 heteroatoms. The molecule has 4 aliphatic carbocycles. The number of carbonyl (C=O) groups is 2. The Bertz CT molecular complexity index is 634. The molecule has 0 radical (unpaired) electrons. The molecule has 0 aromatic heterocycles. The van der Waals surface area contributed by atoms with Gasteiger partial charge in [0.25, 0.3) is 0 Å². The lowest BCUT2D eigenvalue weighted by Gasteiger charge is -2.65. The Labute approximate surface area is 161 Å². The van der Waals surface area contributed by atoms with Gasteiger partial charge in [-0.15, -0.1) is 0 Å². The fourth-order valence-corrected chi connectivity index (χ4v) is 8.20. The molecule has 5 nitrogen and oxygen atoms in total. The minimum atomic E-state index is -0.807. The van der Waals surface area contributed by atoms with Crippen LogP contribution in [-0.4, -0.2) is 46.2 Å². The first kappa shape index (κ1) is 19.5. The average molecular weight is 379 g/mol. The first-order valence-corrected chi connectivity index (χ1v) is 10.7. The van der Waals surface area contributed by atoms with Crippen LogP contribution >= 0.6 is 0 Å². The van der Waals surface area contributed by atoms with E-state index in [4.69, 9.17) is 0 Å². The Hall–Kier alpha value is -0.780. The molecule has 0 aromatic rings. The van der Waals surface area contributed by atoms with Crippen LogP contribution in [0.1, 0.15) is 65.2 Å². The molecule has 4 saturated carbocycles. The van der Waals surface area contributed by atoms with Crippen LogP contribution in [0.2, 0.25) is 0 Å². The van der Waals surface area contributed by atoms with Crippen molar-refractivity contribution in [2.24, 2.45) is 39.9 Å². The normalized spacial score (nSPS) is 54.6. The molecule has 4 aliphatic rings. The average Bonchev–Trinajstić information content (AvgIpc) is 3.01. The molecular weight excluding hydrogens is 344 g/mol. The minimum absolute atomic E-state index is 0.00686. The Morgan fingerprint density at radius 3 is 2.48 bits per heavy atom. The Kier molecular flexibility index (Phi) is 4.60. The van der Waals surface area contributed by atoms with Gasteiger partial charge in [-0.2, -0.15) is 0 Å². The van der Waals surface area contributed by atoms with Crippen molar-refractivity contribution in [3.8, 4) is 0 Å². The maximum atomic E-state index is 12.4. The van der Waals surface area contributed by atoms with Crippen LogP contribution in [0.15, 0.2) is 0 Å². The van der Waals surface area contributed by atoms with E-state index in [0.717, 1.165) is 44.8 Å². The molecule has 0 aromatic carbocycles. The van der Waals surface area contributed by atoms with Crippen molar-refractivity contribution in [2.75, 3.05) is 6.61 Å². The highest BCUT2D eigenvalue weighted by molar-refractivity contribution is 5.87. The van der Waals surface area contributed by atoms with Gasteiger partial charge in [0, 0.05) is 11.3 Å². The van der Waals surface area contributed by atoms with Gasteiger partial charge in [0.1, 0.15) is 12.9 Å². The van der Waals surface area contributed by atoms with Crippen LogP contribution in [-0.2, 0) is 9.59 Å². The SMILES string of the molecule is C[C@@]12CC[C@@H]3[C@H]([C@@H](O)C[C@]4(C=O)[C@@H](C(=O)CO)CC[C@@H]34)[C@@]1(C)CC[C@@H](O)C2. The van der Waals surface area contributed by atoms with Crippen LogP contribution in [0, 0.1) is 39.9 Å². The number of hydrogen-bond acceptors (Lipinski definition) is 5. The van der Waals surface area contributed by atoms with E-state index in [1.54, 1.807) is 0 Å². The standard InChI is InChI=1S/C22H34O5/c1-20-7-6-14-15-3-4-16(18(27)11-23)22(15,12-24)10-17(26)19(14)21(20,2)8-5-13(25)9-20/h12-17,19,23,25-26H,3-11H2,1-2H3/t13-,14+,15+,16-,17+,19-,20+,21-,22-/m1/s1. The van der Waals surface area contributed by atoms with Crippen LogP contribution in [0.4, 0.5) is 0 Å². The zero-order valence-corrected chi connectivity index (χ0v) is 16.6. The lowest BCUT2D eigenvalue weighted by Crippen LogP contribution is -2.63. The highest BCUT2D eigenvalue weighted by atomic mass is 16.3. The topological polar surface area (TPSA) is 94.8 Å². The molecule has 0 aliphatic heterocycles. The monoisotopic (exact) mass is 378 g/mol. The molecular formula is C22H34O5. The highest BCUT2D eigenvalue weighted by Crippen LogP contribution is 2.70. The van der Waals surface area contributed by atoms with E-state index in [1.165, 1.54) is 0 Å². The van der Waals surface area contributed by atoms with E-state index >= 15 is 0 Å². The molecule has 0 heterocycles. The zero-order valence-electron chi connectivity index (χ0n) is 16.6. The van der Waals surface area contributed by atoms with Crippen molar-refractivity contribution in [3.05, 3.63) is 0 Å². The summed E-state index contributed by atoms with van der Waals surface area (Å²) in [5, 5.41) is 31.0. The molecule has 9 atom stereocenters. The third-order valence-electron chi connectivity index (χ3n) is 9.65. The summed E-state index contributed by atoms with van der Waals surface area (Å²) >= 11 is 0. The molecule has 0 bridgehead atoms. The Morgan fingerprint density at radius 1 is 1.07 bits per heavy atom. The van der Waals surface area contributed by atoms with E-state index in [9.17, 15) is 24.9 Å². The predicted molar refractivity (Wildman–Crippen MR) is 99.7 cm³/mol. The fraction of sp³-hybridized carbons (Fsp3) is 0.909. The summed E-state index contributed by atoms with van der Waals surface area (Å²) in [7, 11) is 0. The van der Waals surface area contributed by atoms with Crippen LogP contribution in [0.5, 0.6) is 0 Å². The first-order valence-electron chi connectivity index (χ1n) is 10.7. The van der Waals surface area contributed by atoms with Crippen LogP contribution in [0.3, 0.4) is 0 Å². The maximum Gasteiger partial charge on any atom is 0.162 e. The van der Waals surface area contributed by atoms with Crippen LogP contribution in [0.25, 0.3) is 0 Å². The number of aliphatic hydroxyl groups excluding tert-OH is 3. The van der Waals surface area contributed by atoms with Crippen molar-refractivity contribution in [3.63, 3.8) is 0 Å². The number of Topliss-reactive ketones (excluding diaryl/α,β-unsaturated/α-hetero) is 1. The molecule has 0 amide bonds. The molecule has 0 spiro atoms. The van der Waals surface area contributed by atoms with Gasteiger partial charge in [-0.1, -0.05) is 13.8 Å². The fourth-order valence-electron chi connectivity index (χ4n) is 8.20. The smallest absolute Gasteiger partial charge is 0.162 e. The van der Waals surface area contributed by atoms with E-state index in [-0.39, 0.29) is 40.5 Å². The zero-order chi connectivity index (χ0) is 19.6. The van der Waals surface area contributed by atoms with Gasteiger partial charge in [-0.25, -0.2) is 0 Å². The maximum absolute atomic E-state index is 12.4. The predicted octanol–water partition coefficient (Wildman–Crippen LogP) is 2.11. The molecule has 0 unspecified atom stereocenters. The van der Waals surface area contributed by atoms with Gasteiger partial charge >= 0.3 is 0 Å². The molecule has 4 rings (SSSR count). The Morgan fingerprint density at radius 2 is 1.81 bits per heavy atom. The van der Waals surface area contributed by atoms with Gasteiger partial charge in [-0.05, 0) is 80.0 Å². The van der Waals surface area contributed by atoms with E-state index in [2.05, 4.69) is 13.8 Å². The van der Waals surface area contributed by atoms with E-state index < -0.39 is 24.0 Å². The summed E-state index contributed by atoms with van der Waals surface area (Å²) in [6, 6.07) is 0. The summed E-state index contributed by atoms with van der Waals surface area (Å²) in [5.41, 5.74) is -0.853. The van der Waals surface area contributed by atoms with Gasteiger partial charge in [-0.3, -0.25) is 4.79 Å². The minimum Gasteiger partial charge on any atom is -0.393 e. The summed E-state index contributed by atoms with van der Waals surface area (Å²) in [6.07, 6.45) is 6.31. The molecule has 4 fully saturated rings. The molecule has 27 heavy (non-hydrogen) atoms. The second-order valence-electron chi connectivity index (χ2n) is 10.5. The molecule has 0 saturated heterocycles. The van der Waals surface area contributed by atoms with Crippen molar-refractivity contribution in [2.45, 2.75) is 77.4 Å². The van der Waals surface area contributed by atoms with Crippen LogP contribution < -0.4 is 0 Å². The number of aldehydes is 1. The number of aliphatic hydroxyl groups is 3. The van der Waals surface area contributed by atoms with Gasteiger partial charge < -0.3 is 20.1 Å². The van der Waals surface area contributed by atoms with Gasteiger partial charge in [0.2, 0.25) is 0 Å². The second kappa shape index (κ2) is 6.36. The first-order chi connectivity index (χ1) is 12.7. The highest BCUT2D eigenvalue weighted by Gasteiger charge is 2.67. The summed E-state index contributed by atoms with van der Waals surface area (Å²) in [5.74, 6) is -0.219. The molecule has 152 valence electrons. The summed E-state index contributed by atoms with van der Waals surface area (Å²) in [4.78, 5) is 24.7. The largest absolute Gasteiger partial charge is 0.393 e. The van der Waals surface area contributed by atoms with E-state index in [1.807, 2.05) is 0 Å².